The lowest BCUT2D eigenvalue weighted by Crippen LogP contribution is -2.35. The monoisotopic (exact) mass is 273 g/mol. The fourth-order valence-corrected chi connectivity index (χ4v) is 3.75. The Morgan fingerprint density at radius 2 is 2.00 bits per heavy atom. The Kier molecular flexibility index (Phi) is 4.27. The van der Waals surface area contributed by atoms with Crippen LogP contribution >= 0.6 is 0 Å². The molecule has 20 heavy (non-hydrogen) atoms. The van der Waals surface area contributed by atoms with Crippen molar-refractivity contribution in [2.75, 3.05) is 38.1 Å². The molecule has 1 N–H and O–H groups in total. The van der Waals surface area contributed by atoms with E-state index in [-0.39, 0.29) is 0 Å². The van der Waals surface area contributed by atoms with Crippen LogP contribution in [0, 0.1) is 6.92 Å². The van der Waals surface area contributed by atoms with Gasteiger partial charge < -0.3 is 10.2 Å². The van der Waals surface area contributed by atoms with E-state index < -0.39 is 0 Å². The van der Waals surface area contributed by atoms with Crippen molar-refractivity contribution in [1.82, 2.24) is 10.2 Å². The van der Waals surface area contributed by atoms with E-state index in [1.54, 1.807) is 0 Å². The number of hydrogen-bond donors (Lipinski definition) is 1. The third kappa shape index (κ3) is 2.84. The van der Waals surface area contributed by atoms with Crippen molar-refractivity contribution in [2.24, 2.45) is 0 Å². The topological polar surface area (TPSA) is 18.5 Å². The normalized spacial score (nSPS) is 23.7. The van der Waals surface area contributed by atoms with Crippen LogP contribution in [-0.4, -0.2) is 44.2 Å². The van der Waals surface area contributed by atoms with Gasteiger partial charge in [0.25, 0.3) is 0 Å². The lowest BCUT2D eigenvalue weighted by atomic mass is 10.1. The zero-order chi connectivity index (χ0) is 13.9. The summed E-state index contributed by atoms with van der Waals surface area (Å²) in [5, 5.41) is 3.22. The van der Waals surface area contributed by atoms with Crippen LogP contribution < -0.4 is 10.2 Å². The smallest absolute Gasteiger partial charge is 0.0396 e. The van der Waals surface area contributed by atoms with Gasteiger partial charge in [0, 0.05) is 31.4 Å². The Hall–Kier alpha value is -1.06. The van der Waals surface area contributed by atoms with Crippen molar-refractivity contribution in [2.45, 2.75) is 38.8 Å². The molecule has 2 saturated heterocycles. The highest BCUT2D eigenvalue weighted by molar-refractivity contribution is 5.55. The molecule has 0 amide bonds. The molecule has 2 fully saturated rings. The number of likely N-dealkylation sites (tertiary alicyclic amines) is 1. The van der Waals surface area contributed by atoms with Gasteiger partial charge in [-0.1, -0.05) is 12.1 Å². The van der Waals surface area contributed by atoms with E-state index in [0.29, 0.717) is 0 Å². The predicted octanol–water partition coefficient (Wildman–Crippen LogP) is 2.39. The Balaban J connectivity index is 1.67. The van der Waals surface area contributed by atoms with Crippen LogP contribution in [0.2, 0.25) is 0 Å². The summed E-state index contributed by atoms with van der Waals surface area (Å²) >= 11 is 0. The molecule has 0 aromatic heterocycles. The van der Waals surface area contributed by atoms with Crippen molar-refractivity contribution < 1.29 is 0 Å². The van der Waals surface area contributed by atoms with Gasteiger partial charge in [-0.05, 0) is 63.5 Å². The van der Waals surface area contributed by atoms with Gasteiger partial charge in [-0.25, -0.2) is 0 Å². The van der Waals surface area contributed by atoms with Gasteiger partial charge >= 0.3 is 0 Å². The van der Waals surface area contributed by atoms with Crippen molar-refractivity contribution in [1.29, 1.82) is 0 Å². The Bertz CT molecular complexity index is 452. The summed E-state index contributed by atoms with van der Waals surface area (Å²) in [5.41, 5.74) is 4.23. The molecule has 2 heterocycles. The largest absolute Gasteiger partial charge is 0.370 e. The van der Waals surface area contributed by atoms with Gasteiger partial charge in [0.2, 0.25) is 0 Å². The van der Waals surface area contributed by atoms with E-state index in [2.05, 4.69) is 40.2 Å². The summed E-state index contributed by atoms with van der Waals surface area (Å²) in [5.74, 6) is 0. The fraction of sp³-hybridized carbons (Fsp3) is 0.647. The van der Waals surface area contributed by atoms with E-state index >= 15 is 0 Å². The summed E-state index contributed by atoms with van der Waals surface area (Å²) in [6, 6.07) is 7.69. The molecule has 0 aliphatic carbocycles. The number of hydrogen-bond acceptors (Lipinski definition) is 3. The molecule has 0 bridgehead atoms. The SMILES string of the molecule is CNCc1ccc(N2CCC(N3CCCC3)C2)c(C)c1. The molecule has 2 aliphatic heterocycles. The van der Waals surface area contributed by atoms with Gasteiger partial charge in [0.15, 0.2) is 0 Å². The first-order chi connectivity index (χ1) is 9.78. The molecule has 3 rings (SSSR count). The van der Waals surface area contributed by atoms with Crippen LogP contribution in [0.1, 0.15) is 30.4 Å². The Labute approximate surface area is 123 Å². The highest BCUT2D eigenvalue weighted by Gasteiger charge is 2.29. The van der Waals surface area contributed by atoms with Gasteiger partial charge in [0.05, 0.1) is 0 Å². The zero-order valence-electron chi connectivity index (χ0n) is 12.9. The first-order valence-electron chi connectivity index (χ1n) is 8.01. The third-order valence-corrected chi connectivity index (χ3v) is 4.80. The maximum atomic E-state index is 3.22. The molecular weight excluding hydrogens is 246 g/mol. The lowest BCUT2D eigenvalue weighted by molar-refractivity contribution is 0.260. The maximum Gasteiger partial charge on any atom is 0.0396 e. The molecule has 1 atom stereocenters. The molecule has 2 aliphatic rings. The summed E-state index contributed by atoms with van der Waals surface area (Å²) in [6.45, 7) is 8.27. The minimum absolute atomic E-state index is 0.786. The molecule has 0 spiro atoms. The quantitative estimate of drug-likeness (QED) is 0.909. The van der Waals surface area contributed by atoms with Crippen molar-refractivity contribution in [3.8, 4) is 0 Å². The van der Waals surface area contributed by atoms with Crippen LogP contribution in [0.15, 0.2) is 18.2 Å². The minimum Gasteiger partial charge on any atom is -0.370 e. The summed E-state index contributed by atoms with van der Waals surface area (Å²) in [4.78, 5) is 5.28. The fourth-order valence-electron chi connectivity index (χ4n) is 3.75. The molecule has 1 aromatic rings. The second-order valence-electron chi connectivity index (χ2n) is 6.28. The first-order valence-corrected chi connectivity index (χ1v) is 8.01. The molecule has 110 valence electrons. The minimum atomic E-state index is 0.786. The molecule has 0 saturated carbocycles. The van der Waals surface area contributed by atoms with Crippen LogP contribution in [0.3, 0.4) is 0 Å². The van der Waals surface area contributed by atoms with Gasteiger partial charge in [-0.3, -0.25) is 4.90 Å². The van der Waals surface area contributed by atoms with E-state index in [9.17, 15) is 0 Å². The van der Waals surface area contributed by atoms with Crippen molar-refractivity contribution in [3.05, 3.63) is 29.3 Å². The molecule has 3 heteroatoms. The average Bonchev–Trinajstić information content (AvgIpc) is 3.10. The number of anilines is 1. The number of rotatable bonds is 4. The summed E-state index contributed by atoms with van der Waals surface area (Å²) < 4.78 is 0. The van der Waals surface area contributed by atoms with Gasteiger partial charge in [-0.2, -0.15) is 0 Å². The molecule has 1 unspecified atom stereocenters. The van der Waals surface area contributed by atoms with E-state index in [1.807, 2.05) is 7.05 Å². The predicted molar refractivity (Wildman–Crippen MR) is 85.4 cm³/mol. The van der Waals surface area contributed by atoms with Crippen molar-refractivity contribution >= 4 is 5.69 Å². The van der Waals surface area contributed by atoms with Crippen LogP contribution in [-0.2, 0) is 6.54 Å². The van der Waals surface area contributed by atoms with Gasteiger partial charge in [-0.15, -0.1) is 0 Å². The first kappa shape index (κ1) is 13.9. The average molecular weight is 273 g/mol. The van der Waals surface area contributed by atoms with Crippen molar-refractivity contribution in [3.63, 3.8) is 0 Å². The number of aryl methyl sites for hydroxylation is 1. The lowest BCUT2D eigenvalue weighted by Gasteiger charge is -2.25. The Morgan fingerprint density at radius 3 is 2.70 bits per heavy atom. The number of nitrogens with zero attached hydrogens (tertiary/aromatic N) is 2. The second kappa shape index (κ2) is 6.15. The Morgan fingerprint density at radius 1 is 1.20 bits per heavy atom. The van der Waals surface area contributed by atoms with E-state index in [0.717, 1.165) is 12.6 Å². The highest BCUT2D eigenvalue weighted by atomic mass is 15.3. The van der Waals surface area contributed by atoms with E-state index in [1.165, 1.54) is 62.3 Å². The second-order valence-corrected chi connectivity index (χ2v) is 6.28. The summed E-state index contributed by atoms with van der Waals surface area (Å²) in [6.07, 6.45) is 4.13. The summed E-state index contributed by atoms with van der Waals surface area (Å²) in [7, 11) is 2.00. The number of nitrogens with one attached hydrogen (secondary N) is 1. The zero-order valence-corrected chi connectivity index (χ0v) is 12.9. The maximum absolute atomic E-state index is 3.22. The molecular formula is C17H27N3. The van der Waals surface area contributed by atoms with Crippen LogP contribution in [0.5, 0.6) is 0 Å². The standard InChI is InChI=1S/C17H27N3/c1-14-11-15(12-18-2)5-6-17(14)20-10-7-16(13-20)19-8-3-4-9-19/h5-6,11,16,18H,3-4,7-10,12-13H2,1-2H3. The van der Waals surface area contributed by atoms with Crippen LogP contribution in [0.25, 0.3) is 0 Å². The number of benzene rings is 1. The van der Waals surface area contributed by atoms with E-state index in [4.69, 9.17) is 0 Å². The molecule has 3 nitrogen and oxygen atoms in total. The van der Waals surface area contributed by atoms with Crippen LogP contribution in [0.4, 0.5) is 5.69 Å². The third-order valence-electron chi connectivity index (χ3n) is 4.80. The molecule has 1 aromatic carbocycles. The molecule has 0 radical (unpaired) electrons. The van der Waals surface area contributed by atoms with Gasteiger partial charge in [0.1, 0.15) is 0 Å². The highest BCUT2D eigenvalue weighted by Crippen LogP contribution is 2.28.